The number of carbonyl (C=O) groups is 1. The number of H-pyrrole nitrogens is 1. The highest BCUT2D eigenvalue weighted by Gasteiger charge is 2.16. The number of fused-ring (bicyclic) bond motifs is 1. The predicted molar refractivity (Wildman–Crippen MR) is 85.0 cm³/mol. The molecule has 3 heterocycles. The molecule has 0 saturated carbocycles. The molecule has 3 aromatic heterocycles. The molecule has 0 unspecified atom stereocenters. The van der Waals surface area contributed by atoms with Gasteiger partial charge in [-0.2, -0.15) is 10.2 Å². The van der Waals surface area contributed by atoms with Crippen LogP contribution in [0.25, 0.3) is 16.9 Å². The fourth-order valence-corrected chi connectivity index (χ4v) is 2.38. The maximum absolute atomic E-state index is 12.5. The van der Waals surface area contributed by atoms with Crippen molar-refractivity contribution in [1.82, 2.24) is 24.8 Å². The zero-order valence-electron chi connectivity index (χ0n) is 12.0. The number of aromatic nitrogens is 5. The van der Waals surface area contributed by atoms with Gasteiger partial charge < -0.3 is 5.32 Å². The van der Waals surface area contributed by atoms with Crippen LogP contribution in [0.4, 0.5) is 5.69 Å². The number of aromatic amines is 1. The Bertz CT molecular complexity index is 972. The summed E-state index contributed by atoms with van der Waals surface area (Å²) in [5, 5.41) is 13.9. The number of rotatable bonds is 3. The number of benzene rings is 1. The van der Waals surface area contributed by atoms with Crippen LogP contribution in [-0.4, -0.2) is 30.7 Å². The lowest BCUT2D eigenvalue weighted by Crippen LogP contribution is -2.12. The first-order valence-electron chi connectivity index (χ1n) is 7.01. The molecule has 4 aromatic rings. The Hall–Kier alpha value is -3.48. The van der Waals surface area contributed by atoms with E-state index in [1.807, 2.05) is 30.3 Å². The van der Waals surface area contributed by atoms with Crippen LogP contribution >= 0.6 is 0 Å². The van der Waals surface area contributed by atoms with E-state index < -0.39 is 0 Å². The van der Waals surface area contributed by atoms with Crippen molar-refractivity contribution in [1.29, 1.82) is 0 Å². The van der Waals surface area contributed by atoms with Crippen LogP contribution in [0, 0.1) is 0 Å². The monoisotopic (exact) mass is 304 g/mol. The van der Waals surface area contributed by atoms with Crippen LogP contribution in [0.15, 0.2) is 61.2 Å². The standard InChI is InChI=1S/C16H12N6O/c23-16(12-9-19-22-8-4-7-17-15(12)22)20-13-10-18-21-14(13)11-5-2-1-3-6-11/h1-10H,(H,18,21)(H,20,23). The second kappa shape index (κ2) is 5.38. The fourth-order valence-electron chi connectivity index (χ4n) is 2.38. The third-order valence-corrected chi connectivity index (χ3v) is 3.47. The molecule has 0 saturated heterocycles. The van der Waals surface area contributed by atoms with Crippen molar-refractivity contribution in [3.8, 4) is 11.3 Å². The Morgan fingerprint density at radius 1 is 1.13 bits per heavy atom. The van der Waals surface area contributed by atoms with Crippen molar-refractivity contribution in [3.05, 3.63) is 66.7 Å². The lowest BCUT2D eigenvalue weighted by molar-refractivity contribution is 0.102. The van der Waals surface area contributed by atoms with Gasteiger partial charge >= 0.3 is 0 Å². The summed E-state index contributed by atoms with van der Waals surface area (Å²) >= 11 is 0. The van der Waals surface area contributed by atoms with Crippen molar-refractivity contribution in [2.24, 2.45) is 0 Å². The first-order chi connectivity index (χ1) is 11.3. The largest absolute Gasteiger partial charge is 0.319 e. The minimum absolute atomic E-state index is 0.280. The number of nitrogens with one attached hydrogen (secondary N) is 2. The fraction of sp³-hybridized carbons (Fsp3) is 0. The van der Waals surface area contributed by atoms with Crippen LogP contribution < -0.4 is 5.32 Å². The van der Waals surface area contributed by atoms with Gasteiger partial charge in [0, 0.05) is 18.0 Å². The minimum Gasteiger partial charge on any atom is -0.319 e. The van der Waals surface area contributed by atoms with Crippen LogP contribution in [0.2, 0.25) is 0 Å². The van der Waals surface area contributed by atoms with Gasteiger partial charge in [-0.25, -0.2) is 9.50 Å². The molecule has 7 heteroatoms. The molecule has 0 aliphatic rings. The van der Waals surface area contributed by atoms with E-state index in [-0.39, 0.29) is 5.91 Å². The topological polar surface area (TPSA) is 88.0 Å². The average molecular weight is 304 g/mol. The number of hydrogen-bond acceptors (Lipinski definition) is 4. The average Bonchev–Trinajstić information content (AvgIpc) is 3.22. The second-order valence-electron chi connectivity index (χ2n) is 4.92. The number of anilines is 1. The molecule has 0 bridgehead atoms. The minimum atomic E-state index is -0.280. The molecule has 112 valence electrons. The molecule has 23 heavy (non-hydrogen) atoms. The van der Waals surface area contributed by atoms with Crippen LogP contribution in [0.3, 0.4) is 0 Å². The van der Waals surface area contributed by atoms with Gasteiger partial charge in [0.05, 0.1) is 23.8 Å². The van der Waals surface area contributed by atoms with Gasteiger partial charge in [0.25, 0.3) is 5.91 Å². The van der Waals surface area contributed by atoms with Crippen LogP contribution in [0.1, 0.15) is 10.4 Å². The summed E-state index contributed by atoms with van der Waals surface area (Å²) in [4.78, 5) is 16.7. The highest BCUT2D eigenvalue weighted by molar-refractivity contribution is 6.09. The molecule has 0 fully saturated rings. The van der Waals surface area contributed by atoms with E-state index in [0.717, 1.165) is 11.3 Å². The Kier molecular flexibility index (Phi) is 3.09. The number of carbonyl (C=O) groups excluding carboxylic acids is 1. The maximum Gasteiger partial charge on any atom is 0.261 e. The zero-order valence-corrected chi connectivity index (χ0v) is 12.0. The highest BCUT2D eigenvalue weighted by atomic mass is 16.1. The van der Waals surface area contributed by atoms with E-state index in [9.17, 15) is 4.79 Å². The summed E-state index contributed by atoms with van der Waals surface area (Å²) in [5.41, 5.74) is 3.22. The molecule has 1 aromatic carbocycles. The molecule has 2 N–H and O–H groups in total. The van der Waals surface area contributed by atoms with Gasteiger partial charge in [0.2, 0.25) is 0 Å². The number of hydrogen-bond donors (Lipinski definition) is 2. The van der Waals surface area contributed by atoms with Crippen LogP contribution in [-0.2, 0) is 0 Å². The zero-order chi connectivity index (χ0) is 15.6. The Morgan fingerprint density at radius 2 is 2.00 bits per heavy atom. The lowest BCUT2D eigenvalue weighted by Gasteiger charge is -2.05. The second-order valence-corrected chi connectivity index (χ2v) is 4.92. The maximum atomic E-state index is 12.5. The molecule has 0 radical (unpaired) electrons. The van der Waals surface area contributed by atoms with E-state index in [1.165, 1.54) is 6.20 Å². The molecule has 4 rings (SSSR count). The summed E-state index contributed by atoms with van der Waals surface area (Å²) < 4.78 is 1.56. The summed E-state index contributed by atoms with van der Waals surface area (Å²) in [7, 11) is 0. The third kappa shape index (κ3) is 2.34. The van der Waals surface area contributed by atoms with Gasteiger partial charge in [0.15, 0.2) is 5.65 Å². The van der Waals surface area contributed by atoms with Gasteiger partial charge in [0.1, 0.15) is 5.56 Å². The quantitative estimate of drug-likeness (QED) is 0.608. The Balaban J connectivity index is 1.67. The van der Waals surface area contributed by atoms with E-state index in [1.54, 1.807) is 29.2 Å². The molecule has 7 nitrogen and oxygen atoms in total. The molecule has 1 amide bonds. The van der Waals surface area contributed by atoms with Gasteiger partial charge in [-0.15, -0.1) is 0 Å². The van der Waals surface area contributed by atoms with E-state index in [4.69, 9.17) is 0 Å². The van der Waals surface area contributed by atoms with E-state index in [0.29, 0.717) is 16.9 Å². The summed E-state index contributed by atoms with van der Waals surface area (Å²) in [6.45, 7) is 0. The number of nitrogens with zero attached hydrogens (tertiary/aromatic N) is 4. The van der Waals surface area contributed by atoms with Crippen molar-refractivity contribution in [2.45, 2.75) is 0 Å². The molecule has 0 spiro atoms. The Labute approximate surface area is 131 Å². The number of amides is 1. The van der Waals surface area contributed by atoms with Crippen molar-refractivity contribution in [3.63, 3.8) is 0 Å². The van der Waals surface area contributed by atoms with Crippen LogP contribution in [0.5, 0.6) is 0 Å². The normalized spacial score (nSPS) is 10.8. The van der Waals surface area contributed by atoms with E-state index >= 15 is 0 Å². The summed E-state index contributed by atoms with van der Waals surface area (Å²) in [6, 6.07) is 11.4. The van der Waals surface area contributed by atoms with Gasteiger partial charge in [-0.1, -0.05) is 30.3 Å². The van der Waals surface area contributed by atoms with Crippen molar-refractivity contribution >= 4 is 17.2 Å². The third-order valence-electron chi connectivity index (χ3n) is 3.47. The SMILES string of the molecule is O=C(Nc1cn[nH]c1-c1ccccc1)c1cnn2cccnc12. The predicted octanol–water partition coefficient (Wildman–Crippen LogP) is 2.37. The molecule has 0 aliphatic heterocycles. The van der Waals surface area contributed by atoms with E-state index in [2.05, 4.69) is 25.6 Å². The summed E-state index contributed by atoms with van der Waals surface area (Å²) in [5.74, 6) is -0.280. The van der Waals surface area contributed by atoms with Gasteiger partial charge in [-0.3, -0.25) is 9.89 Å². The Morgan fingerprint density at radius 3 is 2.87 bits per heavy atom. The molecule has 0 atom stereocenters. The first kappa shape index (κ1) is 13.2. The van der Waals surface area contributed by atoms with Crippen molar-refractivity contribution < 1.29 is 4.79 Å². The first-order valence-corrected chi connectivity index (χ1v) is 7.01. The van der Waals surface area contributed by atoms with Gasteiger partial charge in [-0.05, 0) is 6.07 Å². The highest BCUT2D eigenvalue weighted by Crippen LogP contribution is 2.25. The summed E-state index contributed by atoms with van der Waals surface area (Å²) in [6.07, 6.45) is 6.45. The molecular weight excluding hydrogens is 292 g/mol. The molecule has 0 aliphatic carbocycles. The smallest absolute Gasteiger partial charge is 0.261 e. The van der Waals surface area contributed by atoms with Crippen molar-refractivity contribution in [2.75, 3.05) is 5.32 Å². The molecular formula is C16H12N6O. The lowest BCUT2D eigenvalue weighted by atomic mass is 10.1.